The van der Waals surface area contributed by atoms with Crippen LogP contribution in [0.1, 0.15) is 18.2 Å². The average molecular weight is 406 g/mol. The Balaban J connectivity index is 1.63. The van der Waals surface area contributed by atoms with Crippen molar-refractivity contribution in [2.45, 2.75) is 18.7 Å². The van der Waals surface area contributed by atoms with Gasteiger partial charge in [-0.2, -0.15) is 13.2 Å². The van der Waals surface area contributed by atoms with Crippen LogP contribution in [0.5, 0.6) is 0 Å². The molecule has 2 amide bonds. The molecule has 3 N–H and O–H groups in total. The Morgan fingerprint density at radius 2 is 1.76 bits per heavy atom. The fourth-order valence-corrected chi connectivity index (χ4v) is 2.63. The topological polar surface area (TPSA) is 91.6 Å². The molecular formula is C20H17F3N2O4. The molecule has 1 heterocycles. The third kappa shape index (κ3) is 4.75. The number of halogens is 3. The number of carbonyl (C=O) groups excluding carboxylic acids is 2. The molecule has 152 valence electrons. The highest BCUT2D eigenvalue weighted by molar-refractivity contribution is 6.39. The van der Waals surface area contributed by atoms with Gasteiger partial charge in [-0.25, -0.2) is 0 Å². The molecule has 6 nitrogen and oxygen atoms in total. The fraction of sp³-hybridized carbons (Fsp3) is 0.200. The van der Waals surface area contributed by atoms with E-state index in [0.29, 0.717) is 5.58 Å². The van der Waals surface area contributed by atoms with E-state index in [1.807, 2.05) is 0 Å². The molecule has 3 rings (SSSR count). The summed E-state index contributed by atoms with van der Waals surface area (Å²) >= 11 is 0. The molecule has 0 fully saturated rings. The molecule has 3 aromatic rings. The lowest BCUT2D eigenvalue weighted by Crippen LogP contribution is -2.43. The predicted octanol–water partition coefficient (Wildman–Crippen LogP) is 3.41. The number of nitrogens with one attached hydrogen (secondary N) is 2. The second-order valence-corrected chi connectivity index (χ2v) is 6.64. The SMILES string of the molecule is C[C@@](O)(CNC(=O)C(=O)Nc1cccc(C(F)(F)F)c1)c1cc2ccccc2o1. The maximum atomic E-state index is 12.7. The maximum Gasteiger partial charge on any atom is 0.416 e. The van der Waals surface area contributed by atoms with Crippen molar-refractivity contribution in [3.8, 4) is 0 Å². The van der Waals surface area contributed by atoms with Gasteiger partial charge in [0.15, 0.2) is 0 Å². The molecule has 0 unspecified atom stereocenters. The van der Waals surface area contributed by atoms with Gasteiger partial charge in [-0.15, -0.1) is 0 Å². The van der Waals surface area contributed by atoms with Crippen LogP contribution >= 0.6 is 0 Å². The smallest absolute Gasteiger partial charge is 0.416 e. The van der Waals surface area contributed by atoms with E-state index in [-0.39, 0.29) is 18.0 Å². The summed E-state index contributed by atoms with van der Waals surface area (Å²) in [5.74, 6) is -2.08. The number of rotatable bonds is 4. The van der Waals surface area contributed by atoms with Gasteiger partial charge < -0.3 is 20.2 Å². The van der Waals surface area contributed by atoms with Gasteiger partial charge in [0.05, 0.1) is 12.1 Å². The Morgan fingerprint density at radius 1 is 1.03 bits per heavy atom. The van der Waals surface area contributed by atoms with Gasteiger partial charge >= 0.3 is 18.0 Å². The lowest BCUT2D eigenvalue weighted by Gasteiger charge is -2.21. The van der Waals surface area contributed by atoms with Crippen LogP contribution in [0.2, 0.25) is 0 Å². The zero-order chi connectivity index (χ0) is 21.2. The van der Waals surface area contributed by atoms with Gasteiger partial charge in [-0.3, -0.25) is 9.59 Å². The molecule has 0 bridgehead atoms. The minimum atomic E-state index is -4.58. The zero-order valence-corrected chi connectivity index (χ0v) is 15.2. The average Bonchev–Trinajstić information content (AvgIpc) is 3.11. The van der Waals surface area contributed by atoms with Crippen LogP contribution < -0.4 is 10.6 Å². The number of furan rings is 1. The number of para-hydroxylation sites is 1. The monoisotopic (exact) mass is 406 g/mol. The van der Waals surface area contributed by atoms with E-state index in [2.05, 4.69) is 10.6 Å². The van der Waals surface area contributed by atoms with Crippen molar-refractivity contribution in [1.29, 1.82) is 0 Å². The van der Waals surface area contributed by atoms with Crippen LogP contribution in [0.3, 0.4) is 0 Å². The number of fused-ring (bicyclic) bond motifs is 1. The molecule has 0 aliphatic carbocycles. The van der Waals surface area contributed by atoms with Gasteiger partial charge in [-0.05, 0) is 37.3 Å². The second kappa shape index (κ2) is 7.59. The van der Waals surface area contributed by atoms with Crippen LogP contribution in [0.15, 0.2) is 59.0 Å². The molecule has 1 aromatic heterocycles. The first-order chi connectivity index (χ1) is 13.6. The standard InChI is InChI=1S/C20H17F3N2O4/c1-19(28,16-9-12-5-2-3-8-15(12)29-16)11-24-17(26)18(27)25-14-7-4-6-13(10-14)20(21,22)23/h2-10,28H,11H2,1H3,(H,24,26)(H,25,27)/t19-/m1/s1. The van der Waals surface area contributed by atoms with Crippen LogP contribution in [-0.4, -0.2) is 23.5 Å². The van der Waals surface area contributed by atoms with E-state index in [1.165, 1.54) is 13.0 Å². The first-order valence-corrected chi connectivity index (χ1v) is 8.54. The van der Waals surface area contributed by atoms with E-state index >= 15 is 0 Å². The van der Waals surface area contributed by atoms with Crippen molar-refractivity contribution in [3.63, 3.8) is 0 Å². The van der Waals surface area contributed by atoms with E-state index in [9.17, 15) is 27.9 Å². The molecule has 0 aliphatic heterocycles. The van der Waals surface area contributed by atoms with Gasteiger partial charge in [0.1, 0.15) is 16.9 Å². The van der Waals surface area contributed by atoms with Crippen molar-refractivity contribution in [3.05, 3.63) is 65.9 Å². The lowest BCUT2D eigenvalue weighted by atomic mass is 10.0. The Labute approximate surface area is 163 Å². The number of hydrogen-bond donors (Lipinski definition) is 3. The third-order valence-corrected chi connectivity index (χ3v) is 4.20. The molecule has 0 aliphatic rings. The molecule has 0 radical (unpaired) electrons. The number of carbonyl (C=O) groups is 2. The van der Waals surface area contributed by atoms with E-state index in [1.54, 1.807) is 30.3 Å². The molecule has 0 spiro atoms. The number of alkyl halides is 3. The zero-order valence-electron chi connectivity index (χ0n) is 15.2. The van der Waals surface area contributed by atoms with Gasteiger partial charge in [0.25, 0.3) is 0 Å². The summed E-state index contributed by atoms with van der Waals surface area (Å²) in [5, 5.41) is 15.7. The van der Waals surface area contributed by atoms with Crippen LogP contribution in [0.25, 0.3) is 11.0 Å². The van der Waals surface area contributed by atoms with Gasteiger partial charge in [0.2, 0.25) is 0 Å². The number of hydrogen-bond acceptors (Lipinski definition) is 4. The normalized spacial score (nSPS) is 13.7. The van der Waals surface area contributed by atoms with E-state index in [0.717, 1.165) is 23.6 Å². The van der Waals surface area contributed by atoms with Crippen molar-refractivity contribution in [1.82, 2.24) is 5.32 Å². The summed E-state index contributed by atoms with van der Waals surface area (Å²) in [7, 11) is 0. The van der Waals surface area contributed by atoms with Crippen molar-refractivity contribution >= 4 is 28.5 Å². The largest absolute Gasteiger partial charge is 0.458 e. The molecule has 0 saturated heterocycles. The Hall–Kier alpha value is -3.33. The first-order valence-electron chi connectivity index (χ1n) is 8.54. The summed E-state index contributed by atoms with van der Waals surface area (Å²) in [6.07, 6.45) is -4.58. The lowest BCUT2D eigenvalue weighted by molar-refractivity contribution is -0.137. The van der Waals surface area contributed by atoms with Gasteiger partial charge in [0, 0.05) is 11.1 Å². The number of benzene rings is 2. The van der Waals surface area contributed by atoms with Gasteiger partial charge in [-0.1, -0.05) is 24.3 Å². The van der Waals surface area contributed by atoms with E-state index < -0.39 is 29.2 Å². The predicted molar refractivity (Wildman–Crippen MR) is 98.9 cm³/mol. The first kappa shape index (κ1) is 20.4. The minimum absolute atomic E-state index is 0.177. The summed E-state index contributed by atoms with van der Waals surface area (Å²) < 4.78 is 43.7. The van der Waals surface area contributed by atoms with Crippen molar-refractivity contribution in [2.75, 3.05) is 11.9 Å². The Morgan fingerprint density at radius 3 is 2.45 bits per heavy atom. The molecule has 29 heavy (non-hydrogen) atoms. The molecule has 2 aromatic carbocycles. The molecule has 0 saturated carbocycles. The summed E-state index contributed by atoms with van der Waals surface area (Å²) in [4.78, 5) is 24.0. The van der Waals surface area contributed by atoms with Crippen molar-refractivity contribution in [2.24, 2.45) is 0 Å². The maximum absolute atomic E-state index is 12.7. The second-order valence-electron chi connectivity index (χ2n) is 6.64. The Kier molecular flexibility index (Phi) is 5.34. The minimum Gasteiger partial charge on any atom is -0.458 e. The molecule has 1 atom stereocenters. The summed E-state index contributed by atoms with van der Waals surface area (Å²) in [6.45, 7) is 1.05. The number of aliphatic hydroxyl groups is 1. The molecule has 9 heteroatoms. The Bertz CT molecular complexity index is 1020. The highest BCUT2D eigenvalue weighted by Gasteiger charge is 2.31. The van der Waals surface area contributed by atoms with Crippen LogP contribution in [-0.2, 0) is 21.4 Å². The quantitative estimate of drug-likeness (QED) is 0.579. The van der Waals surface area contributed by atoms with E-state index in [4.69, 9.17) is 4.42 Å². The third-order valence-electron chi connectivity index (χ3n) is 4.20. The summed E-state index contributed by atoms with van der Waals surface area (Å²) in [5.41, 5.74) is -2.19. The summed E-state index contributed by atoms with van der Waals surface area (Å²) in [6, 6.07) is 12.6. The highest BCUT2D eigenvalue weighted by Crippen LogP contribution is 2.30. The molecular weight excluding hydrogens is 389 g/mol. The number of anilines is 1. The van der Waals surface area contributed by atoms with Crippen LogP contribution in [0, 0.1) is 0 Å². The van der Waals surface area contributed by atoms with Crippen LogP contribution in [0.4, 0.5) is 18.9 Å². The highest BCUT2D eigenvalue weighted by atomic mass is 19.4. The number of amides is 2. The fourth-order valence-electron chi connectivity index (χ4n) is 2.63. The van der Waals surface area contributed by atoms with Crippen molar-refractivity contribution < 1.29 is 32.3 Å².